The molecule has 0 saturated heterocycles. The average molecular weight is 186 g/mol. The van der Waals surface area contributed by atoms with Crippen LogP contribution in [0.4, 0.5) is 4.39 Å². The quantitative estimate of drug-likeness (QED) is 0.672. The average Bonchev–Trinajstić information content (AvgIpc) is 2.70. The molecule has 0 aliphatic carbocycles. The molecule has 0 radical (unpaired) electrons. The van der Waals surface area contributed by atoms with Gasteiger partial charge in [-0.3, -0.25) is 0 Å². The molecule has 0 amide bonds. The van der Waals surface area contributed by atoms with Crippen LogP contribution < -0.4 is 0 Å². The third-order valence-corrected chi connectivity index (χ3v) is 1.96. The summed E-state index contributed by atoms with van der Waals surface area (Å²) in [6.07, 6.45) is 3.51. The Hall–Kier alpha value is -2.08. The van der Waals surface area contributed by atoms with Crippen molar-refractivity contribution in [3.05, 3.63) is 54.1 Å². The van der Waals surface area contributed by atoms with Gasteiger partial charge in [-0.1, -0.05) is 0 Å². The second kappa shape index (κ2) is 3.35. The van der Waals surface area contributed by atoms with Crippen molar-refractivity contribution >= 4 is 0 Å². The van der Waals surface area contributed by atoms with Crippen molar-refractivity contribution in [2.24, 2.45) is 0 Å². The van der Waals surface area contributed by atoms with Crippen LogP contribution >= 0.6 is 0 Å². The Labute approximate surface area is 80.8 Å². The summed E-state index contributed by atoms with van der Waals surface area (Å²) >= 11 is 0. The summed E-state index contributed by atoms with van der Waals surface area (Å²) in [7, 11) is 0. The van der Waals surface area contributed by atoms with Crippen LogP contribution in [0, 0.1) is 17.1 Å². The number of halogens is 1. The topological polar surface area (TPSA) is 28.7 Å². The van der Waals surface area contributed by atoms with Gasteiger partial charge < -0.3 is 4.57 Å². The third kappa shape index (κ3) is 1.38. The smallest absolute Gasteiger partial charge is 0.148 e. The fourth-order valence-corrected chi connectivity index (χ4v) is 1.28. The van der Waals surface area contributed by atoms with E-state index < -0.39 is 0 Å². The summed E-state index contributed by atoms with van der Waals surface area (Å²) < 4.78 is 15.1. The highest BCUT2D eigenvalue weighted by molar-refractivity contribution is 5.41. The zero-order valence-corrected chi connectivity index (χ0v) is 7.31. The molecule has 0 N–H and O–H groups in total. The van der Waals surface area contributed by atoms with Gasteiger partial charge in [0.05, 0.1) is 17.3 Å². The summed E-state index contributed by atoms with van der Waals surface area (Å²) in [5.41, 5.74) is 0.785. The van der Waals surface area contributed by atoms with E-state index in [1.807, 2.05) is 18.2 Å². The van der Waals surface area contributed by atoms with Crippen LogP contribution in [0.15, 0.2) is 42.7 Å². The normalized spacial score (nSPS) is 9.71. The molecule has 1 heterocycles. The third-order valence-electron chi connectivity index (χ3n) is 1.96. The zero-order chi connectivity index (χ0) is 9.97. The first-order chi connectivity index (χ1) is 6.81. The van der Waals surface area contributed by atoms with Crippen molar-refractivity contribution in [3.63, 3.8) is 0 Å². The number of nitriles is 1. The van der Waals surface area contributed by atoms with Gasteiger partial charge in [0, 0.05) is 12.4 Å². The Balaban J connectivity index is 2.52. The molecule has 2 nitrogen and oxygen atoms in total. The summed E-state index contributed by atoms with van der Waals surface area (Å²) in [4.78, 5) is 0. The van der Waals surface area contributed by atoms with Gasteiger partial charge in [0.25, 0.3) is 0 Å². The standard InChI is InChI=1S/C11H7FN2/c12-10-7-9(8-13)3-4-11(10)14-5-1-2-6-14/h1-7H. The molecule has 0 unspecified atom stereocenters. The monoisotopic (exact) mass is 186 g/mol. The van der Waals surface area contributed by atoms with Crippen molar-refractivity contribution in [1.82, 2.24) is 4.57 Å². The maximum absolute atomic E-state index is 13.4. The lowest BCUT2D eigenvalue weighted by Crippen LogP contribution is -1.94. The predicted octanol–water partition coefficient (Wildman–Crippen LogP) is 2.49. The molecule has 0 aliphatic heterocycles. The first-order valence-electron chi connectivity index (χ1n) is 4.14. The highest BCUT2D eigenvalue weighted by atomic mass is 19.1. The van der Waals surface area contributed by atoms with Crippen LogP contribution in [0.5, 0.6) is 0 Å². The Morgan fingerprint density at radius 1 is 1.21 bits per heavy atom. The largest absolute Gasteiger partial charge is 0.321 e. The van der Waals surface area contributed by atoms with Crippen molar-refractivity contribution < 1.29 is 4.39 Å². The number of benzene rings is 1. The van der Waals surface area contributed by atoms with Crippen LogP contribution in [0.25, 0.3) is 5.69 Å². The van der Waals surface area contributed by atoms with Crippen LogP contribution in [-0.2, 0) is 0 Å². The van der Waals surface area contributed by atoms with Crippen LogP contribution in [0.1, 0.15) is 5.56 Å². The Morgan fingerprint density at radius 2 is 1.93 bits per heavy atom. The van der Waals surface area contributed by atoms with E-state index >= 15 is 0 Å². The molecule has 1 aromatic carbocycles. The van der Waals surface area contributed by atoms with E-state index in [0.29, 0.717) is 11.3 Å². The van der Waals surface area contributed by atoms with Crippen LogP contribution in [0.2, 0.25) is 0 Å². The van der Waals surface area contributed by atoms with E-state index in [1.54, 1.807) is 29.1 Å². The number of nitrogens with zero attached hydrogens (tertiary/aromatic N) is 2. The minimum Gasteiger partial charge on any atom is -0.321 e. The highest BCUT2D eigenvalue weighted by Gasteiger charge is 2.03. The predicted molar refractivity (Wildman–Crippen MR) is 50.4 cm³/mol. The summed E-state index contributed by atoms with van der Waals surface area (Å²) in [5, 5.41) is 8.56. The first-order valence-corrected chi connectivity index (χ1v) is 4.14. The molecule has 1 aromatic heterocycles. The second-order valence-electron chi connectivity index (χ2n) is 2.87. The number of hydrogen-bond donors (Lipinski definition) is 0. The molecule has 0 aliphatic rings. The molecular weight excluding hydrogens is 179 g/mol. The van der Waals surface area contributed by atoms with Gasteiger partial charge in [0.1, 0.15) is 5.82 Å². The highest BCUT2D eigenvalue weighted by Crippen LogP contribution is 2.14. The Kier molecular flexibility index (Phi) is 2.04. The molecule has 2 aromatic rings. The second-order valence-corrected chi connectivity index (χ2v) is 2.87. The summed E-state index contributed by atoms with van der Waals surface area (Å²) in [6, 6.07) is 9.94. The molecule has 0 bridgehead atoms. The zero-order valence-electron chi connectivity index (χ0n) is 7.31. The molecule has 0 fully saturated rings. The molecule has 68 valence electrons. The van der Waals surface area contributed by atoms with Gasteiger partial charge in [-0.2, -0.15) is 5.26 Å². The molecule has 14 heavy (non-hydrogen) atoms. The van der Waals surface area contributed by atoms with Gasteiger partial charge >= 0.3 is 0 Å². The van der Waals surface area contributed by atoms with Crippen molar-refractivity contribution in [3.8, 4) is 11.8 Å². The first kappa shape index (κ1) is 8.52. The number of hydrogen-bond acceptors (Lipinski definition) is 1. The minimum atomic E-state index is -0.389. The van der Waals surface area contributed by atoms with Gasteiger partial charge in [-0.25, -0.2) is 4.39 Å². The SMILES string of the molecule is N#Cc1ccc(-n2cccc2)c(F)c1. The van der Waals surface area contributed by atoms with Crippen molar-refractivity contribution in [2.75, 3.05) is 0 Å². The van der Waals surface area contributed by atoms with E-state index in [1.165, 1.54) is 6.07 Å². The molecular formula is C11H7FN2. The minimum absolute atomic E-state index is 0.332. The van der Waals surface area contributed by atoms with E-state index in [-0.39, 0.29) is 5.82 Å². The number of aromatic nitrogens is 1. The maximum Gasteiger partial charge on any atom is 0.148 e. The van der Waals surface area contributed by atoms with Crippen molar-refractivity contribution in [2.45, 2.75) is 0 Å². The maximum atomic E-state index is 13.4. The number of rotatable bonds is 1. The fourth-order valence-electron chi connectivity index (χ4n) is 1.28. The van der Waals surface area contributed by atoms with Crippen LogP contribution in [-0.4, -0.2) is 4.57 Å². The van der Waals surface area contributed by atoms with E-state index in [4.69, 9.17) is 5.26 Å². The molecule has 2 rings (SSSR count). The lowest BCUT2D eigenvalue weighted by atomic mass is 10.2. The van der Waals surface area contributed by atoms with Gasteiger partial charge in [-0.05, 0) is 30.3 Å². The Morgan fingerprint density at radius 3 is 2.50 bits per heavy atom. The van der Waals surface area contributed by atoms with E-state index in [2.05, 4.69) is 0 Å². The molecule has 3 heteroatoms. The van der Waals surface area contributed by atoms with Crippen molar-refractivity contribution in [1.29, 1.82) is 5.26 Å². The fraction of sp³-hybridized carbons (Fsp3) is 0. The van der Waals surface area contributed by atoms with Crippen LogP contribution in [0.3, 0.4) is 0 Å². The lowest BCUT2D eigenvalue weighted by molar-refractivity contribution is 0.618. The lowest BCUT2D eigenvalue weighted by Gasteiger charge is -2.03. The molecule has 0 saturated carbocycles. The molecule has 0 atom stereocenters. The van der Waals surface area contributed by atoms with E-state index in [9.17, 15) is 4.39 Å². The van der Waals surface area contributed by atoms with Gasteiger partial charge in [0.2, 0.25) is 0 Å². The molecule has 0 spiro atoms. The van der Waals surface area contributed by atoms with Gasteiger partial charge in [-0.15, -0.1) is 0 Å². The van der Waals surface area contributed by atoms with E-state index in [0.717, 1.165) is 0 Å². The summed E-state index contributed by atoms with van der Waals surface area (Å²) in [6.45, 7) is 0. The Bertz CT molecular complexity index is 480. The van der Waals surface area contributed by atoms with Gasteiger partial charge in [0.15, 0.2) is 0 Å². The summed E-state index contributed by atoms with van der Waals surface area (Å²) in [5.74, 6) is -0.389.